The lowest BCUT2D eigenvalue weighted by molar-refractivity contribution is 0.0691. The van der Waals surface area contributed by atoms with Crippen LogP contribution in [0.3, 0.4) is 0 Å². The van der Waals surface area contributed by atoms with Crippen LogP contribution >= 0.6 is 0 Å². The number of hydrogen-bond donors (Lipinski definition) is 1. The van der Waals surface area contributed by atoms with E-state index in [2.05, 4.69) is 9.97 Å². The number of hydrogen-bond acceptors (Lipinski definition) is 4. The van der Waals surface area contributed by atoms with Gasteiger partial charge in [-0.3, -0.25) is 0 Å². The van der Waals surface area contributed by atoms with E-state index in [-0.39, 0.29) is 5.69 Å². The molecule has 0 fully saturated rings. The highest BCUT2D eigenvalue weighted by Gasteiger charge is 2.25. The molecule has 5 nitrogen and oxygen atoms in total. The number of aryl methyl sites for hydroxylation is 1. The maximum Gasteiger partial charge on any atom is 0.356 e. The third-order valence-electron chi connectivity index (χ3n) is 2.34. The number of likely N-dealkylation sites (N-methyl/N-ethyl adjacent to an activating group) is 1. The van der Waals surface area contributed by atoms with E-state index in [1.165, 1.54) is 0 Å². The number of carbonyl (C=O) groups is 1. The maximum absolute atomic E-state index is 10.9. The lowest BCUT2D eigenvalue weighted by atomic mass is 10.2. The number of carboxylic acids is 1. The van der Waals surface area contributed by atoms with Crippen molar-refractivity contribution in [3.05, 3.63) is 17.2 Å². The molecule has 0 saturated heterocycles. The van der Waals surface area contributed by atoms with Crippen LogP contribution in [0, 0.1) is 6.92 Å². The number of nitrogens with zero attached hydrogens (tertiary/aromatic N) is 3. The average molecular weight is 193 g/mol. The van der Waals surface area contributed by atoms with Crippen LogP contribution in [0.2, 0.25) is 0 Å². The van der Waals surface area contributed by atoms with Gasteiger partial charge in [-0.05, 0) is 6.92 Å². The minimum atomic E-state index is -0.986. The summed E-state index contributed by atoms with van der Waals surface area (Å²) >= 11 is 0. The Morgan fingerprint density at radius 2 is 2.21 bits per heavy atom. The third-order valence-corrected chi connectivity index (χ3v) is 2.34. The van der Waals surface area contributed by atoms with Gasteiger partial charge in [0.2, 0.25) is 0 Å². The van der Waals surface area contributed by atoms with Crippen molar-refractivity contribution in [2.75, 3.05) is 18.5 Å². The molecule has 14 heavy (non-hydrogen) atoms. The van der Waals surface area contributed by atoms with Crippen LogP contribution in [-0.4, -0.2) is 34.6 Å². The monoisotopic (exact) mass is 193 g/mol. The van der Waals surface area contributed by atoms with Crippen LogP contribution in [0.5, 0.6) is 0 Å². The maximum atomic E-state index is 10.9. The van der Waals surface area contributed by atoms with Gasteiger partial charge in [0, 0.05) is 20.0 Å². The molecule has 2 rings (SSSR count). The van der Waals surface area contributed by atoms with Crippen LogP contribution in [0.15, 0.2) is 0 Å². The fraction of sp³-hybridized carbons (Fsp3) is 0.444. The Balaban J connectivity index is 2.65. The summed E-state index contributed by atoms with van der Waals surface area (Å²) in [7, 11) is 1.86. The molecular formula is C9H11N3O2. The predicted octanol–water partition coefficient (Wildman–Crippen LogP) is 0.476. The minimum absolute atomic E-state index is 0.118. The first-order chi connectivity index (χ1) is 6.59. The summed E-state index contributed by atoms with van der Waals surface area (Å²) in [5.41, 5.74) is 1.63. The highest BCUT2D eigenvalue weighted by molar-refractivity contribution is 5.93. The molecule has 74 valence electrons. The van der Waals surface area contributed by atoms with E-state index in [4.69, 9.17) is 5.11 Å². The molecule has 1 N–H and O–H groups in total. The van der Waals surface area contributed by atoms with Gasteiger partial charge in [-0.1, -0.05) is 0 Å². The number of carboxylic acid groups (broad SMARTS) is 1. The zero-order chi connectivity index (χ0) is 10.3. The quantitative estimate of drug-likeness (QED) is 0.702. The van der Waals surface area contributed by atoms with Crippen molar-refractivity contribution in [3.63, 3.8) is 0 Å². The van der Waals surface area contributed by atoms with Gasteiger partial charge in [-0.15, -0.1) is 0 Å². The fourth-order valence-corrected chi connectivity index (χ4v) is 1.73. The molecule has 1 aliphatic heterocycles. The van der Waals surface area contributed by atoms with Crippen molar-refractivity contribution < 1.29 is 9.90 Å². The number of aromatic nitrogens is 2. The van der Waals surface area contributed by atoms with E-state index >= 15 is 0 Å². The molecule has 5 heteroatoms. The molecule has 0 saturated carbocycles. The molecule has 2 heterocycles. The molecule has 0 radical (unpaired) electrons. The van der Waals surface area contributed by atoms with Crippen molar-refractivity contribution in [3.8, 4) is 0 Å². The Bertz CT molecular complexity index is 403. The summed E-state index contributed by atoms with van der Waals surface area (Å²) < 4.78 is 0. The number of rotatable bonds is 1. The summed E-state index contributed by atoms with van der Waals surface area (Å²) in [6.45, 7) is 2.53. The highest BCUT2D eigenvalue weighted by Crippen LogP contribution is 2.27. The highest BCUT2D eigenvalue weighted by atomic mass is 16.4. The van der Waals surface area contributed by atoms with E-state index in [1.807, 2.05) is 11.9 Å². The van der Waals surface area contributed by atoms with Gasteiger partial charge in [-0.2, -0.15) is 0 Å². The summed E-state index contributed by atoms with van der Waals surface area (Å²) in [5, 5.41) is 8.97. The summed E-state index contributed by atoms with van der Waals surface area (Å²) in [6, 6.07) is 0. The lowest BCUT2D eigenvalue weighted by Crippen LogP contribution is -2.17. The minimum Gasteiger partial charge on any atom is -0.476 e. The average Bonchev–Trinajstić information content (AvgIpc) is 2.46. The van der Waals surface area contributed by atoms with Crippen LogP contribution in [0.25, 0.3) is 0 Å². The Morgan fingerprint density at radius 1 is 1.50 bits per heavy atom. The fourth-order valence-electron chi connectivity index (χ4n) is 1.73. The summed E-state index contributed by atoms with van der Waals surface area (Å²) in [5.74, 6) is -0.461. The summed E-state index contributed by atoms with van der Waals surface area (Å²) in [6.07, 6.45) is 0.801. The largest absolute Gasteiger partial charge is 0.476 e. The molecule has 0 aliphatic carbocycles. The van der Waals surface area contributed by atoms with Gasteiger partial charge in [0.1, 0.15) is 5.82 Å². The van der Waals surface area contributed by atoms with Gasteiger partial charge in [-0.25, -0.2) is 14.8 Å². The van der Waals surface area contributed by atoms with Crippen LogP contribution < -0.4 is 4.90 Å². The zero-order valence-electron chi connectivity index (χ0n) is 8.11. The van der Waals surface area contributed by atoms with Gasteiger partial charge < -0.3 is 10.0 Å². The second kappa shape index (κ2) is 2.94. The standard InChI is InChI=1S/C9H11N3O2/c1-5-10-6-3-4-12(2)8(6)7(11-5)9(13)14/h3-4H2,1-2H3,(H,13,14). The van der Waals surface area contributed by atoms with Crippen LogP contribution in [-0.2, 0) is 6.42 Å². The van der Waals surface area contributed by atoms with E-state index in [9.17, 15) is 4.79 Å². The first-order valence-electron chi connectivity index (χ1n) is 4.41. The van der Waals surface area contributed by atoms with Crippen molar-refractivity contribution in [2.45, 2.75) is 13.3 Å². The van der Waals surface area contributed by atoms with Gasteiger partial charge >= 0.3 is 5.97 Å². The molecule has 1 aliphatic rings. The predicted molar refractivity (Wildman–Crippen MR) is 50.7 cm³/mol. The first kappa shape index (κ1) is 8.93. The summed E-state index contributed by atoms with van der Waals surface area (Å²) in [4.78, 5) is 21.0. The molecule has 0 aromatic carbocycles. The van der Waals surface area contributed by atoms with Crippen molar-refractivity contribution in [1.82, 2.24) is 9.97 Å². The molecular weight excluding hydrogens is 182 g/mol. The van der Waals surface area contributed by atoms with Crippen LogP contribution in [0.1, 0.15) is 22.0 Å². The first-order valence-corrected chi connectivity index (χ1v) is 4.41. The number of aromatic carboxylic acids is 1. The molecule has 0 amide bonds. The number of anilines is 1. The van der Waals surface area contributed by atoms with E-state index in [0.29, 0.717) is 11.5 Å². The molecule has 0 atom stereocenters. The molecule has 0 unspecified atom stereocenters. The smallest absolute Gasteiger partial charge is 0.356 e. The van der Waals surface area contributed by atoms with Crippen LogP contribution in [0.4, 0.5) is 5.69 Å². The Labute approximate surface area is 81.4 Å². The SMILES string of the molecule is Cc1nc2c(c(C(=O)O)n1)N(C)CC2. The van der Waals surface area contributed by atoms with Gasteiger partial charge in [0.05, 0.1) is 11.4 Å². The molecule has 0 spiro atoms. The Morgan fingerprint density at radius 3 is 2.86 bits per heavy atom. The van der Waals surface area contributed by atoms with E-state index in [0.717, 1.165) is 18.7 Å². The molecule has 0 bridgehead atoms. The van der Waals surface area contributed by atoms with Gasteiger partial charge in [0.15, 0.2) is 5.69 Å². The second-order valence-electron chi connectivity index (χ2n) is 3.39. The van der Waals surface area contributed by atoms with E-state index in [1.54, 1.807) is 6.92 Å². The third kappa shape index (κ3) is 1.21. The van der Waals surface area contributed by atoms with Crippen molar-refractivity contribution in [1.29, 1.82) is 0 Å². The lowest BCUT2D eigenvalue weighted by Gasteiger charge is -2.13. The second-order valence-corrected chi connectivity index (χ2v) is 3.39. The van der Waals surface area contributed by atoms with E-state index < -0.39 is 5.97 Å². The Kier molecular flexibility index (Phi) is 1.87. The number of fused-ring (bicyclic) bond motifs is 1. The molecule has 1 aromatic rings. The Hall–Kier alpha value is -1.65. The molecule has 1 aromatic heterocycles. The zero-order valence-corrected chi connectivity index (χ0v) is 8.11. The van der Waals surface area contributed by atoms with Gasteiger partial charge in [0.25, 0.3) is 0 Å². The van der Waals surface area contributed by atoms with Crippen molar-refractivity contribution >= 4 is 11.7 Å². The van der Waals surface area contributed by atoms with Crippen molar-refractivity contribution in [2.24, 2.45) is 0 Å². The normalized spacial score (nSPS) is 14.3. The topological polar surface area (TPSA) is 66.3 Å².